The lowest BCUT2D eigenvalue weighted by atomic mass is 9.89. The highest BCUT2D eigenvalue weighted by Crippen LogP contribution is 2.26. The van der Waals surface area contributed by atoms with Gasteiger partial charge in [-0.2, -0.15) is 4.98 Å². The first-order valence-corrected chi connectivity index (χ1v) is 7.45. The van der Waals surface area contributed by atoms with Crippen molar-refractivity contribution in [1.29, 1.82) is 0 Å². The number of morpholine rings is 1. The largest absolute Gasteiger partial charge is 0.367 e. The maximum Gasteiger partial charge on any atom is 0.223 e. The molecular weight excluding hydrogens is 242 g/mol. The topological polar surface area (TPSA) is 51.4 Å². The minimum Gasteiger partial charge on any atom is -0.367 e. The molecular formula is C14H23N3O2. The second kappa shape index (κ2) is 6.01. The van der Waals surface area contributed by atoms with Crippen molar-refractivity contribution in [3.63, 3.8) is 0 Å². The second-order valence-corrected chi connectivity index (χ2v) is 5.79. The summed E-state index contributed by atoms with van der Waals surface area (Å²) in [5.41, 5.74) is 0. The summed E-state index contributed by atoms with van der Waals surface area (Å²) in [6.45, 7) is 5.72. The standard InChI is InChI=1S/C14H23N3O2/c1-11-15-14(16-19-11)13-10-17(7-8-18-13)9-12-5-3-2-4-6-12/h12-13H,2-10H2,1H3. The van der Waals surface area contributed by atoms with Crippen molar-refractivity contribution in [1.82, 2.24) is 15.0 Å². The van der Waals surface area contributed by atoms with E-state index in [1.807, 2.05) is 6.92 Å². The lowest BCUT2D eigenvalue weighted by Crippen LogP contribution is -2.41. The third-order valence-corrected chi connectivity index (χ3v) is 4.22. The van der Waals surface area contributed by atoms with Gasteiger partial charge in [-0.05, 0) is 18.8 Å². The first-order valence-electron chi connectivity index (χ1n) is 7.45. The molecule has 0 N–H and O–H groups in total. The third-order valence-electron chi connectivity index (χ3n) is 4.22. The van der Waals surface area contributed by atoms with Crippen LogP contribution in [0.15, 0.2) is 4.52 Å². The van der Waals surface area contributed by atoms with Gasteiger partial charge in [-0.15, -0.1) is 0 Å². The van der Waals surface area contributed by atoms with Gasteiger partial charge in [-0.1, -0.05) is 24.4 Å². The second-order valence-electron chi connectivity index (χ2n) is 5.79. The summed E-state index contributed by atoms with van der Waals surface area (Å²) in [6.07, 6.45) is 7.00. The van der Waals surface area contributed by atoms with E-state index in [1.165, 1.54) is 38.6 Å². The Labute approximate surface area is 114 Å². The molecule has 0 spiro atoms. The Hall–Kier alpha value is -0.940. The molecule has 0 radical (unpaired) electrons. The zero-order valence-electron chi connectivity index (χ0n) is 11.7. The molecule has 1 saturated heterocycles. The highest BCUT2D eigenvalue weighted by molar-refractivity contribution is 4.93. The molecule has 106 valence electrons. The van der Waals surface area contributed by atoms with Crippen molar-refractivity contribution in [2.24, 2.45) is 5.92 Å². The van der Waals surface area contributed by atoms with Crippen molar-refractivity contribution < 1.29 is 9.26 Å². The van der Waals surface area contributed by atoms with Gasteiger partial charge < -0.3 is 9.26 Å². The van der Waals surface area contributed by atoms with Gasteiger partial charge in [0.15, 0.2) is 0 Å². The van der Waals surface area contributed by atoms with Crippen LogP contribution in [0.1, 0.15) is 49.9 Å². The van der Waals surface area contributed by atoms with Crippen LogP contribution in [-0.4, -0.2) is 41.3 Å². The molecule has 0 aromatic carbocycles. The lowest BCUT2D eigenvalue weighted by Gasteiger charge is -2.35. The van der Waals surface area contributed by atoms with Crippen LogP contribution in [0.2, 0.25) is 0 Å². The summed E-state index contributed by atoms with van der Waals surface area (Å²) in [6, 6.07) is 0. The zero-order valence-corrected chi connectivity index (χ0v) is 11.7. The predicted molar refractivity (Wildman–Crippen MR) is 70.7 cm³/mol. The van der Waals surface area contributed by atoms with Crippen LogP contribution in [-0.2, 0) is 4.74 Å². The quantitative estimate of drug-likeness (QED) is 0.839. The molecule has 1 aromatic rings. The summed E-state index contributed by atoms with van der Waals surface area (Å²) in [7, 11) is 0. The molecule has 0 amide bonds. The van der Waals surface area contributed by atoms with Gasteiger partial charge in [0.1, 0.15) is 6.10 Å². The average molecular weight is 265 g/mol. The van der Waals surface area contributed by atoms with E-state index in [1.54, 1.807) is 0 Å². The molecule has 1 unspecified atom stereocenters. The van der Waals surface area contributed by atoms with E-state index >= 15 is 0 Å². The highest BCUT2D eigenvalue weighted by atomic mass is 16.5. The highest BCUT2D eigenvalue weighted by Gasteiger charge is 2.27. The minimum atomic E-state index is -0.0187. The molecule has 19 heavy (non-hydrogen) atoms. The average Bonchev–Trinajstić information content (AvgIpc) is 2.87. The molecule has 5 heteroatoms. The normalized spacial score (nSPS) is 26.7. The number of aromatic nitrogens is 2. The molecule has 3 rings (SSSR count). The van der Waals surface area contributed by atoms with Crippen LogP contribution in [0.5, 0.6) is 0 Å². The minimum absolute atomic E-state index is 0.0187. The van der Waals surface area contributed by atoms with Crippen molar-refractivity contribution in [3.05, 3.63) is 11.7 Å². The summed E-state index contributed by atoms with van der Waals surface area (Å²) >= 11 is 0. The fraction of sp³-hybridized carbons (Fsp3) is 0.857. The molecule has 1 atom stereocenters. The van der Waals surface area contributed by atoms with E-state index in [0.717, 1.165) is 25.6 Å². The van der Waals surface area contributed by atoms with Gasteiger partial charge in [0.05, 0.1) is 6.61 Å². The van der Waals surface area contributed by atoms with Crippen molar-refractivity contribution in [2.75, 3.05) is 26.2 Å². The molecule has 1 saturated carbocycles. The summed E-state index contributed by atoms with van der Waals surface area (Å²) < 4.78 is 10.8. The summed E-state index contributed by atoms with van der Waals surface area (Å²) in [5, 5.41) is 3.98. The van der Waals surface area contributed by atoms with Crippen LogP contribution >= 0.6 is 0 Å². The van der Waals surface area contributed by atoms with Gasteiger partial charge in [0.25, 0.3) is 0 Å². The third kappa shape index (κ3) is 3.34. The van der Waals surface area contributed by atoms with Gasteiger partial charge in [-0.3, -0.25) is 4.90 Å². The van der Waals surface area contributed by atoms with Gasteiger partial charge in [-0.25, -0.2) is 0 Å². The molecule has 1 aromatic heterocycles. The Morgan fingerprint density at radius 2 is 2.11 bits per heavy atom. The number of hydrogen-bond donors (Lipinski definition) is 0. The van der Waals surface area contributed by atoms with E-state index in [4.69, 9.17) is 9.26 Å². The lowest BCUT2D eigenvalue weighted by molar-refractivity contribution is -0.0409. The van der Waals surface area contributed by atoms with E-state index < -0.39 is 0 Å². The van der Waals surface area contributed by atoms with Crippen LogP contribution in [0.3, 0.4) is 0 Å². The van der Waals surface area contributed by atoms with Crippen LogP contribution in [0, 0.1) is 12.8 Å². The van der Waals surface area contributed by atoms with Crippen molar-refractivity contribution >= 4 is 0 Å². The molecule has 5 nitrogen and oxygen atoms in total. The predicted octanol–water partition coefficient (Wildman–Crippen LogP) is 2.33. The molecule has 2 aliphatic rings. The number of hydrogen-bond acceptors (Lipinski definition) is 5. The van der Waals surface area contributed by atoms with Gasteiger partial charge >= 0.3 is 0 Å². The summed E-state index contributed by atoms with van der Waals surface area (Å²) in [4.78, 5) is 6.80. The SMILES string of the molecule is Cc1nc(C2CN(CC3CCCCC3)CCO2)no1. The van der Waals surface area contributed by atoms with E-state index in [2.05, 4.69) is 15.0 Å². The maximum atomic E-state index is 5.77. The Bertz CT molecular complexity index is 401. The van der Waals surface area contributed by atoms with Crippen molar-refractivity contribution in [3.8, 4) is 0 Å². The first-order chi connectivity index (χ1) is 9.31. The number of nitrogens with zero attached hydrogens (tertiary/aromatic N) is 3. The van der Waals surface area contributed by atoms with E-state index in [9.17, 15) is 0 Å². The van der Waals surface area contributed by atoms with E-state index in [-0.39, 0.29) is 6.10 Å². The van der Waals surface area contributed by atoms with E-state index in [0.29, 0.717) is 11.7 Å². The molecule has 2 heterocycles. The molecule has 0 bridgehead atoms. The Morgan fingerprint density at radius 1 is 1.26 bits per heavy atom. The molecule has 1 aliphatic heterocycles. The summed E-state index contributed by atoms with van der Waals surface area (Å²) in [5.74, 6) is 2.19. The smallest absolute Gasteiger partial charge is 0.223 e. The first kappa shape index (κ1) is 13.1. The fourth-order valence-electron chi connectivity index (χ4n) is 3.21. The Balaban J connectivity index is 1.55. The monoisotopic (exact) mass is 265 g/mol. The van der Waals surface area contributed by atoms with Crippen molar-refractivity contribution in [2.45, 2.75) is 45.1 Å². The molecule has 1 aliphatic carbocycles. The number of ether oxygens (including phenoxy) is 1. The maximum absolute atomic E-state index is 5.77. The van der Waals surface area contributed by atoms with Crippen LogP contribution in [0.25, 0.3) is 0 Å². The number of aryl methyl sites for hydroxylation is 1. The zero-order chi connectivity index (χ0) is 13.1. The van der Waals surface area contributed by atoms with Crippen LogP contribution < -0.4 is 0 Å². The Morgan fingerprint density at radius 3 is 2.84 bits per heavy atom. The van der Waals surface area contributed by atoms with Crippen LogP contribution in [0.4, 0.5) is 0 Å². The fourth-order valence-corrected chi connectivity index (χ4v) is 3.21. The van der Waals surface area contributed by atoms with Gasteiger partial charge in [0.2, 0.25) is 11.7 Å². The Kier molecular flexibility index (Phi) is 4.13. The van der Waals surface area contributed by atoms with Gasteiger partial charge in [0, 0.05) is 26.6 Å². The number of rotatable bonds is 3. The molecule has 2 fully saturated rings.